The second-order valence-electron chi connectivity index (χ2n) is 2.41. The molecule has 0 radical (unpaired) electrons. The molecule has 0 aliphatic heterocycles. The SMILES string of the molecule is CCCC(O)C(=O)COCC. The summed E-state index contributed by atoms with van der Waals surface area (Å²) in [6, 6.07) is 0. The number of aliphatic hydroxyl groups excluding tert-OH is 1. The Morgan fingerprint density at radius 2 is 2.18 bits per heavy atom. The molecule has 0 heterocycles. The molecule has 0 aromatic rings. The summed E-state index contributed by atoms with van der Waals surface area (Å²) in [7, 11) is 0. The molecule has 3 nitrogen and oxygen atoms in total. The van der Waals surface area contributed by atoms with Gasteiger partial charge < -0.3 is 9.84 Å². The lowest BCUT2D eigenvalue weighted by molar-refractivity contribution is -0.132. The van der Waals surface area contributed by atoms with Crippen LogP contribution in [0.25, 0.3) is 0 Å². The van der Waals surface area contributed by atoms with E-state index in [-0.39, 0.29) is 12.4 Å². The summed E-state index contributed by atoms with van der Waals surface area (Å²) in [5.74, 6) is -0.214. The molecular weight excluding hydrogens is 144 g/mol. The van der Waals surface area contributed by atoms with Gasteiger partial charge in [0.05, 0.1) is 0 Å². The molecule has 0 aliphatic rings. The minimum absolute atomic E-state index is 0.0394. The number of ketones is 1. The summed E-state index contributed by atoms with van der Waals surface area (Å²) in [5, 5.41) is 9.11. The van der Waals surface area contributed by atoms with E-state index in [1.165, 1.54) is 0 Å². The van der Waals surface area contributed by atoms with Crippen LogP contribution in [0.5, 0.6) is 0 Å². The molecule has 0 aromatic carbocycles. The molecule has 0 amide bonds. The predicted molar refractivity (Wildman–Crippen MR) is 42.4 cm³/mol. The number of hydrogen-bond donors (Lipinski definition) is 1. The Balaban J connectivity index is 3.47. The number of rotatable bonds is 6. The monoisotopic (exact) mass is 160 g/mol. The molecule has 11 heavy (non-hydrogen) atoms. The van der Waals surface area contributed by atoms with Crippen molar-refractivity contribution in [2.75, 3.05) is 13.2 Å². The molecule has 1 unspecified atom stereocenters. The zero-order valence-electron chi connectivity index (χ0n) is 7.17. The van der Waals surface area contributed by atoms with Crippen LogP contribution in [0.3, 0.4) is 0 Å². The van der Waals surface area contributed by atoms with Crippen molar-refractivity contribution in [3.8, 4) is 0 Å². The first-order valence-corrected chi connectivity index (χ1v) is 4.00. The number of ether oxygens (including phenoxy) is 1. The number of aliphatic hydroxyl groups is 1. The summed E-state index contributed by atoms with van der Waals surface area (Å²) < 4.78 is 4.85. The van der Waals surface area contributed by atoms with Gasteiger partial charge in [0.1, 0.15) is 12.7 Å². The van der Waals surface area contributed by atoms with Crippen molar-refractivity contribution in [1.82, 2.24) is 0 Å². The average molecular weight is 160 g/mol. The zero-order chi connectivity index (χ0) is 8.69. The summed E-state index contributed by atoms with van der Waals surface area (Å²) >= 11 is 0. The zero-order valence-corrected chi connectivity index (χ0v) is 7.17. The van der Waals surface area contributed by atoms with Gasteiger partial charge in [-0.25, -0.2) is 0 Å². The summed E-state index contributed by atoms with van der Waals surface area (Å²) in [6.45, 7) is 4.30. The van der Waals surface area contributed by atoms with Crippen molar-refractivity contribution in [3.05, 3.63) is 0 Å². The molecule has 0 spiro atoms. The molecular formula is C8H16O3. The molecule has 0 bridgehead atoms. The predicted octanol–water partition coefficient (Wildman–Crippen LogP) is 0.753. The van der Waals surface area contributed by atoms with Gasteiger partial charge >= 0.3 is 0 Å². The lowest BCUT2D eigenvalue weighted by Gasteiger charge is -2.06. The van der Waals surface area contributed by atoms with Crippen molar-refractivity contribution in [2.45, 2.75) is 32.8 Å². The van der Waals surface area contributed by atoms with Crippen LogP contribution in [-0.4, -0.2) is 30.2 Å². The summed E-state index contributed by atoms with van der Waals surface area (Å²) in [6.07, 6.45) is 0.525. The van der Waals surface area contributed by atoms with Crippen LogP contribution in [0.1, 0.15) is 26.7 Å². The Labute approximate surface area is 67.4 Å². The van der Waals surface area contributed by atoms with Crippen LogP contribution >= 0.6 is 0 Å². The third kappa shape index (κ3) is 4.93. The highest BCUT2D eigenvalue weighted by Crippen LogP contribution is 1.97. The third-order valence-corrected chi connectivity index (χ3v) is 1.38. The lowest BCUT2D eigenvalue weighted by Crippen LogP contribution is -2.24. The molecule has 0 rings (SSSR count). The van der Waals surface area contributed by atoms with E-state index < -0.39 is 6.10 Å². The maximum atomic E-state index is 10.9. The standard InChI is InChI=1S/C8H16O3/c1-3-5-7(9)8(10)6-11-4-2/h7,9H,3-6H2,1-2H3. The third-order valence-electron chi connectivity index (χ3n) is 1.38. The number of carbonyl (C=O) groups excluding carboxylic acids is 1. The van der Waals surface area contributed by atoms with Crippen molar-refractivity contribution >= 4 is 5.78 Å². The Morgan fingerprint density at radius 1 is 1.55 bits per heavy atom. The Bertz CT molecular complexity index is 112. The van der Waals surface area contributed by atoms with Crippen LogP contribution < -0.4 is 0 Å². The first-order chi connectivity index (χ1) is 5.22. The normalized spacial score (nSPS) is 13.0. The molecule has 0 aromatic heterocycles. The molecule has 66 valence electrons. The second kappa shape index (κ2) is 6.31. The Morgan fingerprint density at radius 3 is 2.64 bits per heavy atom. The van der Waals surface area contributed by atoms with E-state index in [9.17, 15) is 4.79 Å². The maximum Gasteiger partial charge on any atom is 0.186 e. The van der Waals surface area contributed by atoms with E-state index in [2.05, 4.69) is 0 Å². The fraction of sp³-hybridized carbons (Fsp3) is 0.875. The van der Waals surface area contributed by atoms with E-state index in [0.717, 1.165) is 6.42 Å². The smallest absolute Gasteiger partial charge is 0.186 e. The first-order valence-electron chi connectivity index (χ1n) is 4.00. The fourth-order valence-electron chi connectivity index (χ4n) is 0.733. The Hall–Kier alpha value is -0.410. The maximum absolute atomic E-state index is 10.9. The molecule has 1 N–H and O–H groups in total. The molecule has 1 atom stereocenters. The van der Waals surface area contributed by atoms with Crippen LogP contribution in [0.2, 0.25) is 0 Å². The van der Waals surface area contributed by atoms with E-state index in [4.69, 9.17) is 9.84 Å². The Kier molecular flexibility index (Phi) is 6.07. The topological polar surface area (TPSA) is 46.5 Å². The second-order valence-corrected chi connectivity index (χ2v) is 2.41. The van der Waals surface area contributed by atoms with Crippen LogP contribution in [-0.2, 0) is 9.53 Å². The largest absolute Gasteiger partial charge is 0.385 e. The van der Waals surface area contributed by atoms with E-state index in [1.807, 2.05) is 13.8 Å². The molecule has 0 aliphatic carbocycles. The van der Waals surface area contributed by atoms with Gasteiger partial charge in [-0.05, 0) is 13.3 Å². The minimum Gasteiger partial charge on any atom is -0.385 e. The van der Waals surface area contributed by atoms with Crippen molar-refractivity contribution < 1.29 is 14.6 Å². The molecule has 0 saturated carbocycles. The van der Waals surface area contributed by atoms with Gasteiger partial charge in [0.15, 0.2) is 5.78 Å². The van der Waals surface area contributed by atoms with Crippen LogP contribution in [0.4, 0.5) is 0 Å². The highest BCUT2D eigenvalue weighted by atomic mass is 16.5. The van der Waals surface area contributed by atoms with Gasteiger partial charge in [0.2, 0.25) is 0 Å². The average Bonchev–Trinajstić information content (AvgIpc) is 2.00. The van der Waals surface area contributed by atoms with E-state index in [0.29, 0.717) is 13.0 Å². The van der Waals surface area contributed by atoms with Crippen molar-refractivity contribution in [1.29, 1.82) is 0 Å². The van der Waals surface area contributed by atoms with Gasteiger partial charge in [-0.1, -0.05) is 13.3 Å². The van der Waals surface area contributed by atoms with Gasteiger partial charge in [0, 0.05) is 6.61 Å². The lowest BCUT2D eigenvalue weighted by atomic mass is 10.1. The van der Waals surface area contributed by atoms with Crippen LogP contribution in [0.15, 0.2) is 0 Å². The van der Waals surface area contributed by atoms with E-state index >= 15 is 0 Å². The van der Waals surface area contributed by atoms with Crippen molar-refractivity contribution in [2.24, 2.45) is 0 Å². The van der Waals surface area contributed by atoms with Gasteiger partial charge in [-0.2, -0.15) is 0 Å². The van der Waals surface area contributed by atoms with Gasteiger partial charge in [-0.3, -0.25) is 4.79 Å². The first kappa shape index (κ1) is 10.6. The molecule has 3 heteroatoms. The number of Topliss-reactive ketones (excluding diaryl/α,β-unsaturated/α-hetero) is 1. The quantitative estimate of drug-likeness (QED) is 0.623. The van der Waals surface area contributed by atoms with Gasteiger partial charge in [0.25, 0.3) is 0 Å². The summed E-state index contributed by atoms with van der Waals surface area (Å²) in [5.41, 5.74) is 0. The number of hydrogen-bond acceptors (Lipinski definition) is 3. The van der Waals surface area contributed by atoms with Crippen molar-refractivity contribution in [3.63, 3.8) is 0 Å². The number of carbonyl (C=O) groups is 1. The highest BCUT2D eigenvalue weighted by Gasteiger charge is 2.12. The summed E-state index contributed by atoms with van der Waals surface area (Å²) in [4.78, 5) is 10.9. The molecule has 0 saturated heterocycles. The highest BCUT2D eigenvalue weighted by molar-refractivity contribution is 5.83. The van der Waals surface area contributed by atoms with E-state index in [1.54, 1.807) is 0 Å². The van der Waals surface area contributed by atoms with Crippen LogP contribution in [0, 0.1) is 0 Å². The minimum atomic E-state index is -0.827. The molecule has 0 fully saturated rings. The fourth-order valence-corrected chi connectivity index (χ4v) is 0.733. The van der Waals surface area contributed by atoms with Gasteiger partial charge in [-0.15, -0.1) is 0 Å².